The van der Waals surface area contributed by atoms with Crippen LogP contribution in [0.25, 0.3) is 0 Å². The maximum absolute atomic E-state index is 6.42. The minimum atomic E-state index is -0.177. The molecule has 1 atom stereocenters. The van der Waals surface area contributed by atoms with Gasteiger partial charge >= 0.3 is 0 Å². The van der Waals surface area contributed by atoms with Gasteiger partial charge in [0, 0.05) is 9.35 Å². The van der Waals surface area contributed by atoms with Gasteiger partial charge in [-0.25, -0.2) is 0 Å². The number of alkyl halides is 1. The molecule has 0 aliphatic carbocycles. The van der Waals surface area contributed by atoms with Crippen LogP contribution in [-0.4, -0.2) is 0 Å². The van der Waals surface area contributed by atoms with Crippen molar-refractivity contribution < 1.29 is 0 Å². The summed E-state index contributed by atoms with van der Waals surface area (Å²) in [5.74, 6) is 0. The van der Waals surface area contributed by atoms with E-state index in [1.165, 1.54) is 0 Å². The molecule has 0 fully saturated rings. The van der Waals surface area contributed by atoms with Crippen molar-refractivity contribution >= 4 is 66.4 Å². The molecule has 84 valence electrons. The summed E-state index contributed by atoms with van der Waals surface area (Å²) in [6, 6.07) is 9.82. The Morgan fingerprint density at radius 1 is 1.19 bits per heavy atom. The van der Waals surface area contributed by atoms with Crippen LogP contribution in [-0.2, 0) is 0 Å². The molecule has 0 bridgehead atoms. The minimum absolute atomic E-state index is 0.177. The van der Waals surface area contributed by atoms with Crippen LogP contribution in [0, 0.1) is 0 Å². The number of hydrogen-bond donors (Lipinski definition) is 0. The maximum Gasteiger partial charge on any atom is 0.0939 e. The van der Waals surface area contributed by atoms with E-state index in [-0.39, 0.29) is 5.38 Å². The average molecular weight is 401 g/mol. The van der Waals surface area contributed by atoms with Gasteiger partial charge in [0.05, 0.1) is 14.2 Å². The van der Waals surface area contributed by atoms with Crippen LogP contribution in [0.15, 0.2) is 38.6 Å². The van der Waals surface area contributed by atoms with Crippen molar-refractivity contribution in [2.45, 2.75) is 5.38 Å². The van der Waals surface area contributed by atoms with Crippen LogP contribution in [0.2, 0.25) is 5.02 Å². The van der Waals surface area contributed by atoms with Crippen LogP contribution in [0.3, 0.4) is 0 Å². The molecule has 5 heteroatoms. The molecule has 1 heterocycles. The molecule has 0 aliphatic heterocycles. The number of hydrogen-bond acceptors (Lipinski definition) is 1. The molecule has 0 radical (unpaired) electrons. The van der Waals surface area contributed by atoms with E-state index in [2.05, 4.69) is 31.9 Å². The number of halogens is 4. The van der Waals surface area contributed by atoms with E-state index >= 15 is 0 Å². The fraction of sp³-hybridized carbons (Fsp3) is 0.0909. The van der Waals surface area contributed by atoms with E-state index in [1.807, 2.05) is 30.3 Å². The molecule has 2 rings (SSSR count). The van der Waals surface area contributed by atoms with Gasteiger partial charge in [-0.3, -0.25) is 0 Å². The highest BCUT2D eigenvalue weighted by Gasteiger charge is 2.17. The number of thiophene rings is 1. The first-order valence-corrected chi connectivity index (χ1v) is 7.64. The fourth-order valence-electron chi connectivity index (χ4n) is 1.32. The Balaban J connectivity index is 2.39. The lowest BCUT2D eigenvalue weighted by Crippen LogP contribution is -1.90. The molecular weight excluding hydrogens is 395 g/mol. The van der Waals surface area contributed by atoms with Gasteiger partial charge in [0.1, 0.15) is 0 Å². The van der Waals surface area contributed by atoms with E-state index in [0.29, 0.717) is 5.02 Å². The Morgan fingerprint density at radius 2 is 1.88 bits per heavy atom. The third kappa shape index (κ3) is 2.65. The van der Waals surface area contributed by atoms with Crippen LogP contribution in [0.5, 0.6) is 0 Å². The molecule has 1 aromatic heterocycles. The molecule has 0 saturated heterocycles. The van der Waals surface area contributed by atoms with Gasteiger partial charge in [-0.1, -0.05) is 45.7 Å². The van der Waals surface area contributed by atoms with Crippen molar-refractivity contribution in [1.82, 2.24) is 0 Å². The van der Waals surface area contributed by atoms with E-state index in [9.17, 15) is 0 Å². The topological polar surface area (TPSA) is 0 Å². The third-order valence-corrected chi connectivity index (χ3v) is 5.95. The molecular formula is C11H6Br2Cl2S. The molecule has 0 nitrogen and oxygen atoms in total. The van der Waals surface area contributed by atoms with E-state index in [1.54, 1.807) is 11.3 Å². The highest BCUT2D eigenvalue weighted by Crippen LogP contribution is 2.41. The normalized spacial score (nSPS) is 12.8. The van der Waals surface area contributed by atoms with E-state index in [4.69, 9.17) is 23.2 Å². The second kappa shape index (κ2) is 5.40. The van der Waals surface area contributed by atoms with Gasteiger partial charge in [0.2, 0.25) is 0 Å². The monoisotopic (exact) mass is 398 g/mol. The maximum atomic E-state index is 6.42. The average Bonchev–Trinajstić information content (AvgIpc) is 2.59. The first kappa shape index (κ1) is 12.9. The van der Waals surface area contributed by atoms with E-state index in [0.717, 1.165) is 18.7 Å². The highest BCUT2D eigenvalue weighted by atomic mass is 79.9. The van der Waals surface area contributed by atoms with Gasteiger partial charge in [-0.2, -0.15) is 0 Å². The Labute approximate surface area is 125 Å². The predicted octanol–water partition coefficient (Wildman–Crippen LogP) is 6.25. The summed E-state index contributed by atoms with van der Waals surface area (Å²) in [6.07, 6.45) is 0. The van der Waals surface area contributed by atoms with Crippen molar-refractivity contribution in [1.29, 1.82) is 0 Å². The van der Waals surface area contributed by atoms with Crippen LogP contribution in [0.4, 0.5) is 0 Å². The molecule has 0 amide bonds. The standard InChI is InChI=1S/C11H6Br2Cl2S/c12-7-4-2-1-3-6(7)10(15)9-5-8(14)11(13)16-9/h1-5,10H. The first-order chi connectivity index (χ1) is 7.59. The Hall–Kier alpha value is 0.460. The smallest absolute Gasteiger partial charge is 0.0939 e. The van der Waals surface area contributed by atoms with Crippen molar-refractivity contribution in [2.75, 3.05) is 0 Å². The number of benzene rings is 1. The zero-order valence-corrected chi connectivity index (χ0v) is 13.4. The second-order valence-corrected chi connectivity index (χ2v) is 7.25. The number of rotatable bonds is 2. The summed E-state index contributed by atoms with van der Waals surface area (Å²) in [5, 5.41) is 0.530. The Bertz CT molecular complexity index is 491. The van der Waals surface area contributed by atoms with Gasteiger partial charge in [-0.15, -0.1) is 22.9 Å². The minimum Gasteiger partial charge on any atom is -0.130 e. The van der Waals surface area contributed by atoms with E-state index < -0.39 is 0 Å². The molecule has 1 unspecified atom stereocenters. The van der Waals surface area contributed by atoms with Crippen molar-refractivity contribution in [3.63, 3.8) is 0 Å². The Morgan fingerprint density at radius 3 is 2.44 bits per heavy atom. The zero-order chi connectivity index (χ0) is 11.7. The summed E-state index contributed by atoms with van der Waals surface area (Å²) in [7, 11) is 0. The molecule has 0 spiro atoms. The summed E-state index contributed by atoms with van der Waals surface area (Å²) in [6.45, 7) is 0. The third-order valence-electron chi connectivity index (χ3n) is 2.09. The fourth-order valence-corrected chi connectivity index (χ4v) is 4.10. The molecule has 1 aromatic carbocycles. The van der Waals surface area contributed by atoms with Gasteiger partial charge in [0.25, 0.3) is 0 Å². The van der Waals surface area contributed by atoms with Crippen molar-refractivity contribution in [3.8, 4) is 0 Å². The predicted molar refractivity (Wildman–Crippen MR) is 78.9 cm³/mol. The van der Waals surface area contributed by atoms with Crippen LogP contribution < -0.4 is 0 Å². The molecule has 0 aliphatic rings. The summed E-state index contributed by atoms with van der Waals surface area (Å²) >= 11 is 20.9. The lowest BCUT2D eigenvalue weighted by atomic mass is 10.1. The van der Waals surface area contributed by atoms with Crippen molar-refractivity contribution in [3.05, 3.63) is 54.1 Å². The van der Waals surface area contributed by atoms with Gasteiger partial charge < -0.3 is 0 Å². The molecule has 16 heavy (non-hydrogen) atoms. The molecule has 0 N–H and O–H groups in total. The van der Waals surface area contributed by atoms with Crippen LogP contribution >= 0.6 is 66.4 Å². The summed E-state index contributed by atoms with van der Waals surface area (Å²) in [5.41, 5.74) is 1.05. The SMILES string of the molecule is Clc1cc(C(Cl)c2ccccc2Br)sc1Br. The molecule has 0 saturated carbocycles. The quantitative estimate of drug-likeness (QED) is 0.522. The lowest BCUT2D eigenvalue weighted by Gasteiger charge is -2.09. The first-order valence-electron chi connectivity index (χ1n) is 4.43. The lowest BCUT2D eigenvalue weighted by molar-refractivity contribution is 1.17. The molecule has 2 aromatic rings. The zero-order valence-electron chi connectivity index (χ0n) is 7.88. The highest BCUT2D eigenvalue weighted by molar-refractivity contribution is 9.11. The Kier molecular flexibility index (Phi) is 4.36. The summed E-state index contributed by atoms with van der Waals surface area (Å²) in [4.78, 5) is 1.03. The second-order valence-electron chi connectivity index (χ2n) is 3.15. The largest absolute Gasteiger partial charge is 0.130 e. The van der Waals surface area contributed by atoms with Crippen molar-refractivity contribution in [2.24, 2.45) is 0 Å². The summed E-state index contributed by atoms with van der Waals surface area (Å²) < 4.78 is 1.93. The van der Waals surface area contributed by atoms with Crippen LogP contribution in [0.1, 0.15) is 15.8 Å². The van der Waals surface area contributed by atoms with Gasteiger partial charge in [0.15, 0.2) is 0 Å². The van der Waals surface area contributed by atoms with Gasteiger partial charge in [-0.05, 0) is 33.6 Å².